The predicted molar refractivity (Wildman–Crippen MR) is 148 cm³/mol. The summed E-state index contributed by atoms with van der Waals surface area (Å²) < 4.78 is 32.9. The van der Waals surface area contributed by atoms with E-state index in [4.69, 9.17) is 23.3 Å². The smallest absolute Gasteiger partial charge is 0.403 e. The Balaban J connectivity index is 1.67. The van der Waals surface area contributed by atoms with Gasteiger partial charge in [-0.2, -0.15) is 0 Å². The zero-order valence-corrected chi connectivity index (χ0v) is 24.8. The molecule has 0 amide bonds. The highest BCUT2D eigenvalue weighted by atomic mass is 16.8. The van der Waals surface area contributed by atoms with E-state index in [1.165, 1.54) is 32.1 Å². The third-order valence-electron chi connectivity index (χ3n) is 10.0. The second-order valence-electron chi connectivity index (χ2n) is 14.3. The molecule has 0 spiro atoms. The second kappa shape index (κ2) is 10.3. The minimum absolute atomic E-state index is 0.0165. The third-order valence-corrected chi connectivity index (χ3v) is 10.0. The molecule has 4 rings (SSSR count). The Labute approximate surface area is 222 Å². The molecule has 2 aliphatic heterocycles. The van der Waals surface area contributed by atoms with Gasteiger partial charge in [-0.1, -0.05) is 44.8 Å². The minimum atomic E-state index is -0.660. The van der Waals surface area contributed by atoms with Gasteiger partial charge in [-0.15, -0.1) is 0 Å². The Hall–Kier alpha value is -0.330. The van der Waals surface area contributed by atoms with Gasteiger partial charge in [0.2, 0.25) is 0 Å². The molecule has 0 radical (unpaired) electrons. The summed E-state index contributed by atoms with van der Waals surface area (Å²) in [5.74, 6) is 1.61. The lowest BCUT2D eigenvalue weighted by molar-refractivity contribution is 0.00578. The number of hydrogen-bond donors (Lipinski definition) is 0. The molecule has 0 aromatic carbocycles. The molecule has 2 aliphatic carbocycles. The van der Waals surface area contributed by atoms with E-state index in [9.17, 15) is 0 Å². The first kappa shape index (κ1) is 28.7. The summed E-state index contributed by atoms with van der Waals surface area (Å²) >= 11 is 0. The van der Waals surface area contributed by atoms with E-state index in [0.29, 0.717) is 11.8 Å². The van der Waals surface area contributed by atoms with Crippen LogP contribution in [-0.2, 0) is 23.3 Å². The Morgan fingerprint density at radius 2 is 1.33 bits per heavy atom. The van der Waals surface area contributed by atoms with E-state index in [0.717, 1.165) is 19.3 Å². The van der Waals surface area contributed by atoms with Crippen LogP contribution in [0, 0.1) is 17.8 Å². The zero-order valence-electron chi connectivity index (χ0n) is 24.8. The van der Waals surface area contributed by atoms with Crippen LogP contribution in [-0.4, -0.2) is 42.9 Å². The summed E-state index contributed by atoms with van der Waals surface area (Å²) in [6.07, 6.45) is 12.2. The van der Waals surface area contributed by atoms with Gasteiger partial charge in [0.15, 0.2) is 0 Å². The SMILES string of the molecule is CC(C)C[C@H](OB1OC(C)(C)C(C)(C)O1)[C@@H]1C(C2CCCCC2)=CCC[C@@H]1B1OC(C)(C)C(C)(C)O1. The van der Waals surface area contributed by atoms with Crippen LogP contribution in [0.3, 0.4) is 0 Å². The van der Waals surface area contributed by atoms with Crippen LogP contribution in [0.2, 0.25) is 5.82 Å². The van der Waals surface area contributed by atoms with Crippen LogP contribution in [0.5, 0.6) is 0 Å². The molecule has 7 heteroatoms. The molecule has 2 saturated heterocycles. The summed E-state index contributed by atoms with van der Waals surface area (Å²) in [5, 5.41) is 0. The maximum absolute atomic E-state index is 6.85. The van der Waals surface area contributed by atoms with Crippen molar-refractivity contribution in [1.82, 2.24) is 0 Å². The van der Waals surface area contributed by atoms with Crippen molar-refractivity contribution < 1.29 is 23.3 Å². The number of allylic oxidation sites excluding steroid dienone is 1. The van der Waals surface area contributed by atoms with Gasteiger partial charge in [0.1, 0.15) is 0 Å². The maximum atomic E-state index is 6.85. The summed E-state index contributed by atoms with van der Waals surface area (Å²) in [6, 6.07) is 0. The van der Waals surface area contributed by atoms with Gasteiger partial charge < -0.3 is 23.3 Å². The first-order chi connectivity index (χ1) is 16.6. The number of rotatable bonds is 7. The minimum Gasteiger partial charge on any atom is -0.403 e. The quantitative estimate of drug-likeness (QED) is 0.269. The highest BCUT2D eigenvalue weighted by molar-refractivity contribution is 6.47. The van der Waals surface area contributed by atoms with Gasteiger partial charge in [0, 0.05) is 11.7 Å². The highest BCUT2D eigenvalue weighted by Gasteiger charge is 2.58. The normalized spacial score (nSPS) is 32.7. The summed E-state index contributed by atoms with van der Waals surface area (Å²) in [4.78, 5) is 0. The zero-order chi connectivity index (χ0) is 26.5. The molecule has 1 saturated carbocycles. The van der Waals surface area contributed by atoms with Crippen LogP contribution >= 0.6 is 0 Å². The largest absolute Gasteiger partial charge is 0.640 e. The van der Waals surface area contributed by atoms with Crippen LogP contribution < -0.4 is 0 Å². The van der Waals surface area contributed by atoms with Gasteiger partial charge in [0.05, 0.1) is 28.5 Å². The first-order valence-electron chi connectivity index (χ1n) is 14.7. The topological polar surface area (TPSA) is 46.2 Å². The van der Waals surface area contributed by atoms with Crippen molar-refractivity contribution in [3.05, 3.63) is 11.6 Å². The molecule has 3 fully saturated rings. The van der Waals surface area contributed by atoms with Crippen LogP contribution in [0.1, 0.15) is 121 Å². The molecule has 0 N–H and O–H groups in total. The van der Waals surface area contributed by atoms with E-state index in [-0.39, 0.29) is 36.2 Å². The molecule has 5 nitrogen and oxygen atoms in total. The van der Waals surface area contributed by atoms with Crippen LogP contribution in [0.15, 0.2) is 11.6 Å². The fourth-order valence-electron chi connectivity index (χ4n) is 6.48. The molecule has 0 aromatic rings. The highest BCUT2D eigenvalue weighted by Crippen LogP contribution is 2.52. The molecule has 0 bridgehead atoms. The van der Waals surface area contributed by atoms with E-state index in [1.54, 1.807) is 5.57 Å². The Morgan fingerprint density at radius 3 is 1.86 bits per heavy atom. The average molecular weight is 502 g/mol. The van der Waals surface area contributed by atoms with Gasteiger partial charge in [-0.05, 0) is 99.3 Å². The van der Waals surface area contributed by atoms with Crippen LogP contribution in [0.4, 0.5) is 0 Å². The van der Waals surface area contributed by atoms with Gasteiger partial charge >= 0.3 is 14.4 Å². The molecule has 36 heavy (non-hydrogen) atoms. The van der Waals surface area contributed by atoms with Gasteiger partial charge in [-0.3, -0.25) is 0 Å². The standard InChI is InChI=1S/C29H52B2O5/c1-20(2)19-24(32-31-35-28(7,8)29(9,10)36-31)25-22(21-15-12-11-13-16-21)17-14-18-23(25)30-33-26(3,4)27(5,6)34-30/h17,20-21,23-25H,11-16,18-19H2,1-10H3/t23-,24-,25+/m0/s1. The monoisotopic (exact) mass is 502 g/mol. The summed E-state index contributed by atoms with van der Waals surface area (Å²) in [5.41, 5.74) is 0.0746. The summed E-state index contributed by atoms with van der Waals surface area (Å²) in [6.45, 7) is 21.6. The van der Waals surface area contributed by atoms with E-state index in [1.807, 2.05) is 0 Å². The molecular weight excluding hydrogens is 450 g/mol. The predicted octanol–water partition coefficient (Wildman–Crippen LogP) is 7.39. The Kier molecular flexibility index (Phi) is 8.23. The molecular formula is C29H52B2O5. The van der Waals surface area contributed by atoms with Gasteiger partial charge in [0.25, 0.3) is 0 Å². The van der Waals surface area contributed by atoms with Gasteiger partial charge in [-0.25, -0.2) is 0 Å². The second-order valence-corrected chi connectivity index (χ2v) is 14.3. The molecule has 0 unspecified atom stereocenters. The first-order valence-corrected chi connectivity index (χ1v) is 14.7. The van der Waals surface area contributed by atoms with Crippen molar-refractivity contribution in [2.45, 2.75) is 155 Å². The fourth-order valence-corrected chi connectivity index (χ4v) is 6.48. The van der Waals surface area contributed by atoms with Crippen LogP contribution in [0.25, 0.3) is 0 Å². The van der Waals surface area contributed by atoms with Crippen molar-refractivity contribution >= 4 is 14.4 Å². The Bertz CT molecular complexity index is 767. The van der Waals surface area contributed by atoms with E-state index in [2.05, 4.69) is 75.3 Å². The lowest BCUT2D eigenvalue weighted by atomic mass is 9.55. The Morgan fingerprint density at radius 1 is 0.806 bits per heavy atom. The van der Waals surface area contributed by atoms with E-state index < -0.39 is 18.5 Å². The molecule has 0 aromatic heterocycles. The number of hydrogen-bond acceptors (Lipinski definition) is 5. The van der Waals surface area contributed by atoms with Crippen molar-refractivity contribution in [3.8, 4) is 0 Å². The lowest BCUT2D eigenvalue weighted by Gasteiger charge is -2.43. The molecule has 2 heterocycles. The van der Waals surface area contributed by atoms with Crippen molar-refractivity contribution in [1.29, 1.82) is 0 Å². The maximum Gasteiger partial charge on any atom is 0.640 e. The average Bonchev–Trinajstić information content (AvgIpc) is 3.11. The molecule has 3 atom stereocenters. The lowest BCUT2D eigenvalue weighted by Crippen LogP contribution is -2.44. The van der Waals surface area contributed by atoms with Crippen molar-refractivity contribution in [2.24, 2.45) is 17.8 Å². The molecule has 204 valence electrons. The summed E-state index contributed by atoms with van der Waals surface area (Å²) in [7, 11) is -0.893. The molecule has 4 aliphatic rings. The van der Waals surface area contributed by atoms with Crippen molar-refractivity contribution in [2.75, 3.05) is 0 Å². The van der Waals surface area contributed by atoms with E-state index >= 15 is 0 Å². The fraction of sp³-hybridized carbons (Fsp3) is 0.931. The third kappa shape index (κ3) is 5.66. The van der Waals surface area contributed by atoms with Crippen molar-refractivity contribution in [3.63, 3.8) is 0 Å².